The summed E-state index contributed by atoms with van der Waals surface area (Å²) in [5.41, 5.74) is 4.97. The first kappa shape index (κ1) is 13.2. The van der Waals surface area contributed by atoms with Gasteiger partial charge in [-0.05, 0) is 37.1 Å². The zero-order valence-corrected chi connectivity index (χ0v) is 11.6. The molecule has 2 aromatic carbocycles. The summed E-state index contributed by atoms with van der Waals surface area (Å²) in [6.45, 7) is 4.39. The lowest BCUT2D eigenvalue weighted by Crippen LogP contribution is -1.86. The van der Waals surface area contributed by atoms with Crippen molar-refractivity contribution in [1.82, 2.24) is 0 Å². The van der Waals surface area contributed by atoms with Gasteiger partial charge in [0.1, 0.15) is 0 Å². The number of hydrogen-bond acceptors (Lipinski definition) is 2. The van der Waals surface area contributed by atoms with E-state index in [0.29, 0.717) is 0 Å². The fourth-order valence-electron chi connectivity index (χ4n) is 2.01. The number of aliphatic hydroxyl groups is 1. The first-order valence-electron chi connectivity index (χ1n) is 6.07. The van der Waals surface area contributed by atoms with Crippen molar-refractivity contribution in [1.29, 1.82) is 0 Å². The summed E-state index contributed by atoms with van der Waals surface area (Å²) in [4.78, 5) is 1.24. The van der Waals surface area contributed by atoms with Crippen LogP contribution in [0.15, 0.2) is 47.4 Å². The van der Waals surface area contributed by atoms with Gasteiger partial charge in [-0.2, -0.15) is 0 Å². The van der Waals surface area contributed by atoms with Crippen molar-refractivity contribution in [3.05, 3.63) is 64.7 Å². The van der Waals surface area contributed by atoms with Crippen LogP contribution in [-0.4, -0.2) is 5.11 Å². The molecule has 0 radical (unpaired) electrons. The summed E-state index contributed by atoms with van der Waals surface area (Å²) < 4.78 is 0. The number of aryl methyl sites for hydroxylation is 2. The van der Waals surface area contributed by atoms with Gasteiger partial charge in [-0.15, -0.1) is 11.8 Å². The standard InChI is InChI=1S/C16H18OS/c1-12-7-13(2)9-15(8-12)11-18-16-5-3-14(10-17)4-6-16/h3-9,17H,10-11H2,1-2H3. The molecule has 1 N–H and O–H groups in total. The van der Waals surface area contributed by atoms with Crippen LogP contribution in [0.4, 0.5) is 0 Å². The van der Waals surface area contributed by atoms with Gasteiger partial charge in [0.05, 0.1) is 6.61 Å². The van der Waals surface area contributed by atoms with E-state index >= 15 is 0 Å². The van der Waals surface area contributed by atoms with E-state index in [0.717, 1.165) is 11.3 Å². The maximum atomic E-state index is 8.99. The summed E-state index contributed by atoms with van der Waals surface area (Å²) in [6.07, 6.45) is 0. The first-order valence-corrected chi connectivity index (χ1v) is 7.06. The minimum absolute atomic E-state index is 0.113. The molecule has 2 rings (SSSR count). The van der Waals surface area contributed by atoms with Crippen LogP contribution in [-0.2, 0) is 12.4 Å². The van der Waals surface area contributed by atoms with E-state index in [2.05, 4.69) is 44.2 Å². The molecule has 0 aliphatic heterocycles. The zero-order chi connectivity index (χ0) is 13.0. The van der Waals surface area contributed by atoms with E-state index in [9.17, 15) is 0 Å². The van der Waals surface area contributed by atoms with E-state index in [1.807, 2.05) is 23.9 Å². The maximum Gasteiger partial charge on any atom is 0.0681 e. The molecule has 0 aliphatic carbocycles. The number of benzene rings is 2. The van der Waals surface area contributed by atoms with E-state index in [4.69, 9.17) is 5.11 Å². The average Bonchev–Trinajstić information content (AvgIpc) is 2.36. The van der Waals surface area contributed by atoms with Gasteiger partial charge in [0.15, 0.2) is 0 Å². The molecule has 94 valence electrons. The molecule has 0 saturated heterocycles. The fourth-order valence-corrected chi connectivity index (χ4v) is 2.84. The van der Waals surface area contributed by atoms with Gasteiger partial charge in [-0.3, -0.25) is 0 Å². The molecule has 0 atom stereocenters. The van der Waals surface area contributed by atoms with Gasteiger partial charge in [0, 0.05) is 10.6 Å². The Morgan fingerprint density at radius 2 is 1.50 bits per heavy atom. The second kappa shape index (κ2) is 6.07. The van der Waals surface area contributed by atoms with Crippen LogP contribution in [0, 0.1) is 13.8 Å². The van der Waals surface area contributed by atoms with Crippen molar-refractivity contribution in [2.24, 2.45) is 0 Å². The molecule has 0 aromatic heterocycles. The minimum atomic E-state index is 0.113. The van der Waals surface area contributed by atoms with E-state index in [1.165, 1.54) is 21.6 Å². The molecule has 0 heterocycles. The van der Waals surface area contributed by atoms with E-state index < -0.39 is 0 Å². The summed E-state index contributed by atoms with van der Waals surface area (Å²) >= 11 is 1.83. The van der Waals surface area contributed by atoms with E-state index in [-0.39, 0.29) is 6.61 Å². The molecule has 0 fully saturated rings. The summed E-state index contributed by atoms with van der Waals surface area (Å²) in [5, 5.41) is 8.99. The van der Waals surface area contributed by atoms with Crippen molar-refractivity contribution in [2.75, 3.05) is 0 Å². The van der Waals surface area contributed by atoms with Crippen LogP contribution in [0.25, 0.3) is 0 Å². The predicted octanol–water partition coefficient (Wildman–Crippen LogP) is 4.09. The Morgan fingerprint density at radius 1 is 0.889 bits per heavy atom. The second-order valence-corrected chi connectivity index (χ2v) is 5.64. The Bertz CT molecular complexity index is 497. The predicted molar refractivity (Wildman–Crippen MR) is 77.8 cm³/mol. The molecule has 0 amide bonds. The molecule has 0 unspecified atom stereocenters. The molecule has 0 saturated carbocycles. The molecule has 18 heavy (non-hydrogen) atoms. The number of rotatable bonds is 4. The SMILES string of the molecule is Cc1cc(C)cc(CSc2ccc(CO)cc2)c1. The second-order valence-electron chi connectivity index (χ2n) is 4.59. The largest absolute Gasteiger partial charge is 0.392 e. The monoisotopic (exact) mass is 258 g/mol. The molecule has 2 aromatic rings. The number of aliphatic hydroxyl groups excluding tert-OH is 1. The normalized spacial score (nSPS) is 10.6. The summed E-state index contributed by atoms with van der Waals surface area (Å²) in [6, 6.07) is 14.8. The third-order valence-electron chi connectivity index (χ3n) is 2.79. The topological polar surface area (TPSA) is 20.2 Å². The molecule has 2 heteroatoms. The molecule has 0 bridgehead atoms. The van der Waals surface area contributed by atoms with Crippen LogP contribution in [0.5, 0.6) is 0 Å². The molecule has 1 nitrogen and oxygen atoms in total. The molecule has 0 spiro atoms. The summed E-state index contributed by atoms with van der Waals surface area (Å²) in [5.74, 6) is 0.987. The van der Waals surface area contributed by atoms with Crippen molar-refractivity contribution in [3.8, 4) is 0 Å². The van der Waals surface area contributed by atoms with Crippen molar-refractivity contribution in [3.63, 3.8) is 0 Å². The van der Waals surface area contributed by atoms with Crippen molar-refractivity contribution in [2.45, 2.75) is 31.1 Å². The van der Waals surface area contributed by atoms with Gasteiger partial charge in [-0.1, -0.05) is 41.5 Å². The zero-order valence-electron chi connectivity index (χ0n) is 10.8. The Morgan fingerprint density at radius 3 is 2.06 bits per heavy atom. The maximum absolute atomic E-state index is 8.99. The van der Waals surface area contributed by atoms with Crippen LogP contribution in [0.3, 0.4) is 0 Å². The lowest BCUT2D eigenvalue weighted by molar-refractivity contribution is 0.282. The third kappa shape index (κ3) is 3.62. The summed E-state index contributed by atoms with van der Waals surface area (Å²) in [7, 11) is 0. The smallest absolute Gasteiger partial charge is 0.0681 e. The van der Waals surface area contributed by atoms with Gasteiger partial charge >= 0.3 is 0 Å². The average molecular weight is 258 g/mol. The van der Waals surface area contributed by atoms with Crippen LogP contribution in [0.2, 0.25) is 0 Å². The lowest BCUT2D eigenvalue weighted by Gasteiger charge is -2.05. The highest BCUT2D eigenvalue weighted by Gasteiger charge is 1.99. The molecular weight excluding hydrogens is 240 g/mol. The number of thioether (sulfide) groups is 1. The van der Waals surface area contributed by atoms with Crippen LogP contribution < -0.4 is 0 Å². The van der Waals surface area contributed by atoms with Crippen LogP contribution >= 0.6 is 11.8 Å². The highest BCUT2D eigenvalue weighted by molar-refractivity contribution is 7.98. The quantitative estimate of drug-likeness (QED) is 0.834. The number of hydrogen-bond donors (Lipinski definition) is 1. The fraction of sp³-hybridized carbons (Fsp3) is 0.250. The minimum Gasteiger partial charge on any atom is -0.392 e. The van der Waals surface area contributed by atoms with Gasteiger partial charge in [0.25, 0.3) is 0 Å². The Balaban J connectivity index is 2.01. The van der Waals surface area contributed by atoms with Crippen molar-refractivity contribution >= 4 is 11.8 Å². The van der Waals surface area contributed by atoms with Gasteiger partial charge < -0.3 is 5.11 Å². The first-order chi connectivity index (χ1) is 8.67. The lowest BCUT2D eigenvalue weighted by atomic mass is 10.1. The van der Waals surface area contributed by atoms with Crippen molar-refractivity contribution < 1.29 is 5.11 Å². The highest BCUT2D eigenvalue weighted by Crippen LogP contribution is 2.24. The van der Waals surface area contributed by atoms with E-state index in [1.54, 1.807) is 0 Å². The van der Waals surface area contributed by atoms with Gasteiger partial charge in [0.2, 0.25) is 0 Å². The highest BCUT2D eigenvalue weighted by atomic mass is 32.2. The Kier molecular flexibility index (Phi) is 4.45. The molecular formula is C16H18OS. The van der Waals surface area contributed by atoms with Crippen LogP contribution in [0.1, 0.15) is 22.3 Å². The Hall–Kier alpha value is -1.25. The molecule has 0 aliphatic rings. The van der Waals surface area contributed by atoms with Gasteiger partial charge in [-0.25, -0.2) is 0 Å². The Labute approximate surface area is 113 Å². The third-order valence-corrected chi connectivity index (χ3v) is 3.88.